The quantitative estimate of drug-likeness (QED) is 0.301. The molecule has 36 heavy (non-hydrogen) atoms. The molecule has 0 aliphatic heterocycles. The van der Waals surface area contributed by atoms with Gasteiger partial charge in [0.25, 0.3) is 0 Å². The maximum Gasteiger partial charge on any atom is 0.244 e. The second-order valence-electron chi connectivity index (χ2n) is 8.57. The van der Waals surface area contributed by atoms with E-state index in [2.05, 4.69) is 59.2 Å². The summed E-state index contributed by atoms with van der Waals surface area (Å²) in [6.45, 7) is 0.867. The lowest BCUT2D eigenvalue weighted by molar-refractivity contribution is -0.118. The van der Waals surface area contributed by atoms with E-state index in [1.165, 1.54) is 12.2 Å². The highest BCUT2D eigenvalue weighted by Crippen LogP contribution is 2.24. The average Bonchev–Trinajstić information content (AvgIpc) is 2.94. The number of nitrogens with one attached hydrogen (secondary N) is 2. The van der Waals surface area contributed by atoms with Crippen LogP contribution >= 0.6 is 0 Å². The van der Waals surface area contributed by atoms with Crippen LogP contribution in [0.1, 0.15) is 34.1 Å². The van der Waals surface area contributed by atoms with E-state index in [-0.39, 0.29) is 23.7 Å². The minimum Gasteiger partial charge on any atom is -0.352 e. The van der Waals surface area contributed by atoms with E-state index < -0.39 is 0 Å². The summed E-state index contributed by atoms with van der Waals surface area (Å²) >= 11 is 0. The van der Waals surface area contributed by atoms with Crippen LogP contribution in [-0.2, 0) is 9.59 Å². The van der Waals surface area contributed by atoms with E-state index in [0.29, 0.717) is 13.1 Å². The summed E-state index contributed by atoms with van der Waals surface area (Å²) in [5, 5.41) is 5.89. The van der Waals surface area contributed by atoms with E-state index in [0.717, 1.165) is 22.3 Å². The number of rotatable bonds is 10. The summed E-state index contributed by atoms with van der Waals surface area (Å²) in [5.74, 6) is -0.554. The highest BCUT2D eigenvalue weighted by atomic mass is 16.2. The van der Waals surface area contributed by atoms with Crippen LogP contribution in [0.15, 0.2) is 133 Å². The van der Waals surface area contributed by atoms with Gasteiger partial charge in [-0.2, -0.15) is 0 Å². The summed E-state index contributed by atoms with van der Waals surface area (Å²) in [6, 6.07) is 40.3. The summed E-state index contributed by atoms with van der Waals surface area (Å²) in [5.41, 5.74) is 4.49. The third-order valence-corrected chi connectivity index (χ3v) is 6.15. The Morgan fingerprint density at radius 2 is 0.722 bits per heavy atom. The highest BCUT2D eigenvalue weighted by molar-refractivity contribution is 5.96. The first-order valence-electron chi connectivity index (χ1n) is 12.1. The zero-order valence-corrected chi connectivity index (χ0v) is 20.1. The van der Waals surface area contributed by atoms with Crippen LogP contribution < -0.4 is 10.6 Å². The van der Waals surface area contributed by atoms with Crippen LogP contribution in [0.25, 0.3) is 0 Å². The molecule has 0 saturated carbocycles. The third kappa shape index (κ3) is 7.03. The monoisotopic (exact) mass is 474 g/mol. The maximum absolute atomic E-state index is 12.5. The van der Waals surface area contributed by atoms with Gasteiger partial charge in [0.05, 0.1) is 0 Å². The molecule has 0 bridgehead atoms. The molecule has 4 aromatic carbocycles. The highest BCUT2D eigenvalue weighted by Gasteiger charge is 2.16. The van der Waals surface area contributed by atoms with E-state index in [1.807, 2.05) is 72.8 Å². The molecule has 4 aromatic rings. The van der Waals surface area contributed by atoms with E-state index in [9.17, 15) is 9.59 Å². The van der Waals surface area contributed by atoms with Crippen LogP contribution in [0.4, 0.5) is 0 Å². The fraction of sp³-hybridized carbons (Fsp3) is 0.125. The predicted molar refractivity (Wildman–Crippen MR) is 145 cm³/mol. The lowest BCUT2D eigenvalue weighted by Crippen LogP contribution is -2.29. The number of amides is 2. The predicted octanol–water partition coefficient (Wildman–Crippen LogP) is 5.44. The van der Waals surface area contributed by atoms with E-state index in [1.54, 1.807) is 0 Å². The molecule has 4 heteroatoms. The Kier molecular flexibility index (Phi) is 8.82. The summed E-state index contributed by atoms with van der Waals surface area (Å²) in [4.78, 5) is 25.0. The number of hydrogen-bond donors (Lipinski definition) is 2. The number of hydrogen-bond acceptors (Lipinski definition) is 2. The molecule has 2 N–H and O–H groups in total. The van der Waals surface area contributed by atoms with Gasteiger partial charge in [-0.25, -0.2) is 0 Å². The number of carbonyl (C=O) groups is 2. The van der Waals surface area contributed by atoms with Crippen molar-refractivity contribution in [1.82, 2.24) is 10.6 Å². The van der Waals surface area contributed by atoms with Gasteiger partial charge in [-0.05, 0) is 22.3 Å². The van der Waals surface area contributed by atoms with Crippen molar-refractivity contribution < 1.29 is 9.59 Å². The smallest absolute Gasteiger partial charge is 0.244 e. The molecule has 0 fully saturated rings. The van der Waals surface area contributed by atoms with Gasteiger partial charge >= 0.3 is 0 Å². The lowest BCUT2D eigenvalue weighted by atomic mass is 9.91. The topological polar surface area (TPSA) is 58.2 Å². The molecular weight excluding hydrogens is 444 g/mol. The maximum atomic E-state index is 12.5. The molecule has 0 spiro atoms. The van der Waals surface area contributed by atoms with Gasteiger partial charge in [0.15, 0.2) is 0 Å². The molecule has 0 aliphatic rings. The van der Waals surface area contributed by atoms with Crippen molar-refractivity contribution in [1.29, 1.82) is 0 Å². The van der Waals surface area contributed by atoms with E-state index in [4.69, 9.17) is 0 Å². The van der Waals surface area contributed by atoms with Crippen LogP contribution in [0.2, 0.25) is 0 Å². The molecule has 0 aromatic heterocycles. The van der Waals surface area contributed by atoms with Gasteiger partial charge in [-0.15, -0.1) is 0 Å². The van der Waals surface area contributed by atoms with Crippen molar-refractivity contribution >= 4 is 11.8 Å². The summed E-state index contributed by atoms with van der Waals surface area (Å²) in [6.07, 6.45) is 2.59. The van der Waals surface area contributed by atoms with Gasteiger partial charge < -0.3 is 10.6 Å². The van der Waals surface area contributed by atoms with Crippen LogP contribution in [0.3, 0.4) is 0 Å². The molecule has 0 atom stereocenters. The van der Waals surface area contributed by atoms with Gasteiger partial charge in [-0.1, -0.05) is 121 Å². The Hall–Kier alpha value is -4.44. The van der Waals surface area contributed by atoms with Crippen molar-refractivity contribution in [3.05, 3.63) is 156 Å². The second kappa shape index (κ2) is 12.9. The number of carbonyl (C=O) groups excluding carboxylic acids is 2. The SMILES string of the molecule is O=C(/C=C\C(=O)NCC(c1ccccc1)c1ccccc1)NCC(c1ccccc1)c1ccccc1. The van der Waals surface area contributed by atoms with E-state index >= 15 is 0 Å². The van der Waals surface area contributed by atoms with Gasteiger partial charge in [0, 0.05) is 37.1 Å². The molecule has 0 saturated heterocycles. The van der Waals surface area contributed by atoms with Crippen molar-refractivity contribution in [2.24, 2.45) is 0 Å². The Labute approximate surface area is 212 Å². The molecule has 0 aliphatic carbocycles. The molecular formula is C32H30N2O2. The van der Waals surface area contributed by atoms with Crippen molar-refractivity contribution in [2.45, 2.75) is 11.8 Å². The lowest BCUT2D eigenvalue weighted by Gasteiger charge is -2.18. The molecule has 0 unspecified atom stereocenters. The van der Waals surface area contributed by atoms with Crippen molar-refractivity contribution in [2.75, 3.05) is 13.1 Å². The minimum atomic E-state index is -0.301. The van der Waals surface area contributed by atoms with Gasteiger partial charge in [-0.3, -0.25) is 9.59 Å². The first-order chi connectivity index (χ1) is 17.7. The van der Waals surface area contributed by atoms with Gasteiger partial charge in [0.2, 0.25) is 11.8 Å². The fourth-order valence-corrected chi connectivity index (χ4v) is 4.27. The molecule has 4 nitrogen and oxygen atoms in total. The Bertz CT molecular complexity index is 1080. The van der Waals surface area contributed by atoms with Crippen molar-refractivity contribution in [3.8, 4) is 0 Å². The Morgan fingerprint density at radius 3 is 0.972 bits per heavy atom. The largest absolute Gasteiger partial charge is 0.352 e. The second-order valence-corrected chi connectivity index (χ2v) is 8.57. The normalized spacial score (nSPS) is 11.1. The average molecular weight is 475 g/mol. The fourth-order valence-electron chi connectivity index (χ4n) is 4.27. The summed E-state index contributed by atoms with van der Waals surface area (Å²) in [7, 11) is 0. The third-order valence-electron chi connectivity index (χ3n) is 6.15. The molecule has 2 amide bonds. The molecule has 180 valence electrons. The standard InChI is InChI=1S/C32H30N2O2/c35-31(33-23-29(25-13-5-1-6-14-25)26-15-7-2-8-16-26)21-22-32(36)34-24-30(27-17-9-3-10-18-27)28-19-11-4-12-20-28/h1-22,29-30H,23-24H2,(H,33,35)(H,34,36)/b22-21-. The molecule has 0 radical (unpaired) electrons. The Balaban J connectivity index is 1.35. The van der Waals surface area contributed by atoms with Crippen molar-refractivity contribution in [3.63, 3.8) is 0 Å². The molecule has 4 rings (SSSR count). The van der Waals surface area contributed by atoms with Crippen LogP contribution in [0, 0.1) is 0 Å². The summed E-state index contributed by atoms with van der Waals surface area (Å²) < 4.78 is 0. The number of benzene rings is 4. The first-order valence-corrected chi connectivity index (χ1v) is 12.1. The van der Waals surface area contributed by atoms with Crippen LogP contribution in [-0.4, -0.2) is 24.9 Å². The zero-order chi connectivity index (χ0) is 25.0. The Morgan fingerprint density at radius 1 is 0.472 bits per heavy atom. The van der Waals surface area contributed by atoms with Crippen LogP contribution in [0.5, 0.6) is 0 Å². The minimum absolute atomic E-state index is 0.0241. The molecule has 0 heterocycles. The first kappa shape index (κ1) is 24.7. The van der Waals surface area contributed by atoms with Gasteiger partial charge in [0.1, 0.15) is 0 Å². The zero-order valence-electron chi connectivity index (χ0n) is 20.1.